The number of sulfonamides is 1. The number of H-pyrrole nitrogens is 1. The maximum Gasteiger partial charge on any atom is 0.258 e. The van der Waals surface area contributed by atoms with Crippen LogP contribution in [0.1, 0.15) is 12.6 Å². The summed E-state index contributed by atoms with van der Waals surface area (Å²) >= 11 is 0. The quantitative estimate of drug-likeness (QED) is 0.650. The van der Waals surface area contributed by atoms with Crippen molar-refractivity contribution in [3.05, 3.63) is 42.4 Å². The molecule has 1 atom stereocenters. The van der Waals surface area contributed by atoms with Crippen LogP contribution >= 0.6 is 0 Å². The molecule has 7 nitrogen and oxygen atoms in total. The van der Waals surface area contributed by atoms with E-state index in [0.717, 1.165) is 27.9 Å². The van der Waals surface area contributed by atoms with Crippen molar-refractivity contribution in [3.63, 3.8) is 0 Å². The first-order chi connectivity index (χ1) is 11.4. The number of nitrogens with zero attached hydrogens (tertiary/aromatic N) is 2. The number of aliphatic hydroxyl groups excluding tert-OH is 1. The summed E-state index contributed by atoms with van der Waals surface area (Å²) in [6, 6.07) is 6.45. The van der Waals surface area contributed by atoms with Crippen LogP contribution in [0.4, 0.5) is 0 Å². The van der Waals surface area contributed by atoms with Crippen molar-refractivity contribution in [2.45, 2.75) is 24.9 Å². The van der Waals surface area contributed by atoms with E-state index in [0.29, 0.717) is 0 Å². The van der Waals surface area contributed by atoms with Gasteiger partial charge in [0, 0.05) is 35.1 Å². The Morgan fingerprint density at radius 3 is 2.75 bits per heavy atom. The second kappa shape index (κ2) is 6.31. The van der Waals surface area contributed by atoms with Crippen LogP contribution in [0.5, 0.6) is 0 Å². The molecule has 3 heterocycles. The van der Waals surface area contributed by atoms with Gasteiger partial charge < -0.3 is 10.1 Å². The zero-order chi connectivity index (χ0) is 17.3. The Hall–Kier alpha value is -2.29. The van der Waals surface area contributed by atoms with Crippen LogP contribution in [-0.2, 0) is 10.0 Å². The highest BCUT2D eigenvalue weighted by atomic mass is 32.2. The van der Waals surface area contributed by atoms with E-state index in [1.165, 1.54) is 12.3 Å². The average Bonchev–Trinajstić information content (AvgIpc) is 2.94. The fraction of sp³-hybridized carbons (Fsp3) is 0.250. The number of fused-ring (bicyclic) bond motifs is 1. The molecule has 3 aromatic heterocycles. The van der Waals surface area contributed by atoms with Gasteiger partial charge in [0.15, 0.2) is 5.03 Å². The molecule has 0 fully saturated rings. The Morgan fingerprint density at radius 1 is 1.29 bits per heavy atom. The lowest BCUT2D eigenvalue weighted by Crippen LogP contribution is -2.35. The summed E-state index contributed by atoms with van der Waals surface area (Å²) in [4.78, 5) is 11.5. The molecule has 3 rings (SSSR count). The van der Waals surface area contributed by atoms with Gasteiger partial charge in [0.1, 0.15) is 5.65 Å². The van der Waals surface area contributed by atoms with Crippen molar-refractivity contribution in [2.75, 3.05) is 6.61 Å². The van der Waals surface area contributed by atoms with Crippen molar-refractivity contribution in [1.82, 2.24) is 19.7 Å². The van der Waals surface area contributed by atoms with Gasteiger partial charge in [0.2, 0.25) is 0 Å². The minimum atomic E-state index is -3.75. The summed E-state index contributed by atoms with van der Waals surface area (Å²) in [7, 11) is -3.75. The van der Waals surface area contributed by atoms with Gasteiger partial charge in [-0.3, -0.25) is 0 Å². The Morgan fingerprint density at radius 2 is 2.08 bits per heavy atom. The van der Waals surface area contributed by atoms with Crippen LogP contribution in [-0.4, -0.2) is 41.1 Å². The van der Waals surface area contributed by atoms with Crippen molar-refractivity contribution in [1.29, 1.82) is 0 Å². The summed E-state index contributed by atoms with van der Waals surface area (Å²) in [5.74, 6) is 0. The minimum Gasteiger partial charge on any atom is -0.395 e. The summed E-state index contributed by atoms with van der Waals surface area (Å²) in [5, 5.41) is 9.86. The Kier molecular flexibility index (Phi) is 4.35. The molecule has 0 aliphatic heterocycles. The zero-order valence-corrected chi connectivity index (χ0v) is 14.1. The first kappa shape index (κ1) is 16.6. The van der Waals surface area contributed by atoms with Crippen LogP contribution in [0.25, 0.3) is 22.2 Å². The lowest BCUT2D eigenvalue weighted by atomic mass is 10.1. The van der Waals surface area contributed by atoms with E-state index in [2.05, 4.69) is 19.7 Å². The fourth-order valence-corrected chi connectivity index (χ4v) is 3.63. The first-order valence-corrected chi connectivity index (χ1v) is 8.93. The van der Waals surface area contributed by atoms with Gasteiger partial charge in [-0.2, -0.15) is 0 Å². The summed E-state index contributed by atoms with van der Waals surface area (Å²) in [5.41, 5.74) is 3.51. The second-order valence-corrected chi connectivity index (χ2v) is 7.32. The van der Waals surface area contributed by atoms with E-state index in [4.69, 9.17) is 5.11 Å². The third kappa shape index (κ3) is 3.16. The van der Waals surface area contributed by atoms with Crippen molar-refractivity contribution < 1.29 is 13.5 Å². The number of aromatic nitrogens is 3. The van der Waals surface area contributed by atoms with E-state index in [-0.39, 0.29) is 11.6 Å². The van der Waals surface area contributed by atoms with E-state index in [1.807, 2.05) is 19.1 Å². The lowest BCUT2D eigenvalue weighted by molar-refractivity contribution is 0.265. The maximum atomic E-state index is 12.2. The van der Waals surface area contributed by atoms with Crippen LogP contribution in [0, 0.1) is 6.92 Å². The standard InChI is InChI=1S/C16H18N4O3S/c1-10-7-14-13(5-6-17-16(14)19-10)12-3-4-15(18-8-12)24(22,23)20-11(2)9-21/h3-8,11,20-21H,9H2,1-2H3,(H,17,19). The molecule has 8 heteroatoms. The largest absolute Gasteiger partial charge is 0.395 e. The van der Waals surface area contributed by atoms with Gasteiger partial charge in [-0.25, -0.2) is 23.1 Å². The first-order valence-electron chi connectivity index (χ1n) is 7.44. The van der Waals surface area contributed by atoms with E-state index >= 15 is 0 Å². The van der Waals surface area contributed by atoms with Gasteiger partial charge in [-0.05, 0) is 43.7 Å². The van der Waals surface area contributed by atoms with Crippen molar-refractivity contribution >= 4 is 21.1 Å². The van der Waals surface area contributed by atoms with Crippen LogP contribution in [0.15, 0.2) is 41.7 Å². The van der Waals surface area contributed by atoms with E-state index in [1.54, 1.807) is 19.2 Å². The lowest BCUT2D eigenvalue weighted by Gasteiger charge is -2.11. The highest BCUT2D eigenvalue weighted by Gasteiger charge is 2.18. The predicted molar refractivity (Wildman–Crippen MR) is 90.9 cm³/mol. The number of nitrogens with one attached hydrogen (secondary N) is 2. The number of pyridine rings is 2. The maximum absolute atomic E-state index is 12.2. The number of hydrogen-bond acceptors (Lipinski definition) is 5. The molecule has 0 saturated carbocycles. The molecule has 24 heavy (non-hydrogen) atoms. The highest BCUT2D eigenvalue weighted by Crippen LogP contribution is 2.27. The SMILES string of the molecule is Cc1cc2c(-c3ccc(S(=O)(=O)NC(C)CO)nc3)ccnc2[nH]1. The van der Waals surface area contributed by atoms with Crippen LogP contribution in [0.2, 0.25) is 0 Å². The van der Waals surface area contributed by atoms with Crippen LogP contribution in [0.3, 0.4) is 0 Å². The molecule has 0 bridgehead atoms. The van der Waals surface area contributed by atoms with Gasteiger partial charge >= 0.3 is 0 Å². The monoisotopic (exact) mass is 346 g/mol. The molecule has 3 aromatic rings. The Labute approximate surface area is 139 Å². The summed E-state index contributed by atoms with van der Waals surface area (Å²) < 4.78 is 26.7. The third-order valence-corrected chi connectivity index (χ3v) is 5.12. The van der Waals surface area contributed by atoms with Crippen molar-refractivity contribution in [3.8, 4) is 11.1 Å². The van der Waals surface area contributed by atoms with Gasteiger partial charge in [0.25, 0.3) is 10.0 Å². The molecule has 0 saturated heterocycles. The van der Waals surface area contributed by atoms with Crippen LogP contribution < -0.4 is 4.72 Å². The van der Waals surface area contributed by atoms with Gasteiger partial charge in [0.05, 0.1) is 6.61 Å². The molecule has 3 N–H and O–H groups in total. The Balaban J connectivity index is 1.97. The molecule has 126 valence electrons. The Bertz CT molecular complexity index is 965. The van der Waals surface area contributed by atoms with Gasteiger partial charge in [-0.1, -0.05) is 0 Å². The number of aliphatic hydroxyl groups is 1. The smallest absolute Gasteiger partial charge is 0.258 e. The average molecular weight is 346 g/mol. The summed E-state index contributed by atoms with van der Waals surface area (Å²) in [6.07, 6.45) is 3.22. The molecule has 0 spiro atoms. The predicted octanol–water partition coefficient (Wildman–Crippen LogP) is 1.59. The molecule has 0 aliphatic rings. The second-order valence-electron chi connectivity index (χ2n) is 5.66. The zero-order valence-electron chi connectivity index (χ0n) is 13.3. The van der Waals surface area contributed by atoms with Crippen molar-refractivity contribution in [2.24, 2.45) is 0 Å². The fourth-order valence-electron chi connectivity index (χ4n) is 2.47. The van der Waals surface area contributed by atoms with E-state index < -0.39 is 16.1 Å². The number of aromatic amines is 1. The molecular formula is C16H18N4O3S. The molecule has 0 aliphatic carbocycles. The highest BCUT2D eigenvalue weighted by molar-refractivity contribution is 7.89. The number of rotatable bonds is 5. The number of aryl methyl sites for hydroxylation is 1. The molecule has 0 radical (unpaired) electrons. The topological polar surface area (TPSA) is 108 Å². The van der Waals surface area contributed by atoms with E-state index in [9.17, 15) is 8.42 Å². The molecule has 1 unspecified atom stereocenters. The minimum absolute atomic E-state index is 0.0814. The molecule has 0 amide bonds. The molecule has 0 aromatic carbocycles. The third-order valence-electron chi connectivity index (χ3n) is 3.62. The normalized spacial score (nSPS) is 13.3. The number of hydrogen-bond donors (Lipinski definition) is 3. The summed E-state index contributed by atoms with van der Waals surface area (Å²) in [6.45, 7) is 3.25. The van der Waals surface area contributed by atoms with Gasteiger partial charge in [-0.15, -0.1) is 0 Å². The molecular weight excluding hydrogens is 328 g/mol.